The molecular formula is C20H23ClF3N5O4S. The smallest absolute Gasteiger partial charge is 0.437 e. The van der Waals surface area contributed by atoms with Crippen molar-refractivity contribution in [2.24, 2.45) is 12.0 Å². The third-order valence-corrected chi connectivity index (χ3v) is 6.33. The van der Waals surface area contributed by atoms with Gasteiger partial charge in [0.2, 0.25) is 12.2 Å². The molecule has 1 aliphatic rings. The zero-order chi connectivity index (χ0) is 24.9. The van der Waals surface area contributed by atoms with E-state index in [1.165, 1.54) is 24.9 Å². The summed E-state index contributed by atoms with van der Waals surface area (Å²) in [7, 11) is 1.51. The number of aromatic nitrogens is 4. The SMILES string of the molecule is CSc1c(C(F)(F)F)ccc(C(=Nc2nnnn2C)OC(C)OC(=O)OC2CCCCC2)c1Cl. The van der Waals surface area contributed by atoms with E-state index in [-0.39, 0.29) is 33.4 Å². The fourth-order valence-corrected chi connectivity index (χ4v) is 4.54. The number of thioether (sulfide) groups is 1. The maximum atomic E-state index is 13.4. The second-order valence-corrected chi connectivity index (χ2v) is 8.65. The van der Waals surface area contributed by atoms with Gasteiger partial charge in [0.25, 0.3) is 5.95 Å². The Morgan fingerprint density at radius 3 is 2.56 bits per heavy atom. The monoisotopic (exact) mass is 521 g/mol. The van der Waals surface area contributed by atoms with Crippen molar-refractivity contribution in [3.05, 3.63) is 28.3 Å². The Labute approximate surface area is 203 Å². The molecule has 3 rings (SSSR count). The van der Waals surface area contributed by atoms with Crippen LogP contribution in [0, 0.1) is 0 Å². The predicted octanol–water partition coefficient (Wildman–Crippen LogP) is 5.53. The van der Waals surface area contributed by atoms with Gasteiger partial charge < -0.3 is 14.2 Å². The van der Waals surface area contributed by atoms with E-state index in [1.807, 2.05) is 0 Å². The fraction of sp³-hybridized carbons (Fsp3) is 0.550. The maximum Gasteiger partial charge on any atom is 0.511 e. The Balaban J connectivity index is 1.87. The van der Waals surface area contributed by atoms with Gasteiger partial charge in [-0.15, -0.1) is 11.8 Å². The first-order chi connectivity index (χ1) is 16.1. The van der Waals surface area contributed by atoms with E-state index in [4.69, 9.17) is 25.8 Å². The van der Waals surface area contributed by atoms with Crippen molar-refractivity contribution in [2.45, 2.75) is 62.5 Å². The van der Waals surface area contributed by atoms with Crippen molar-refractivity contribution in [2.75, 3.05) is 6.26 Å². The molecule has 1 aromatic heterocycles. The number of aryl methyl sites for hydroxylation is 1. The lowest BCUT2D eigenvalue weighted by Gasteiger charge is -2.23. The molecule has 186 valence electrons. The van der Waals surface area contributed by atoms with Crippen molar-refractivity contribution in [3.63, 3.8) is 0 Å². The number of ether oxygens (including phenoxy) is 3. The first kappa shape index (κ1) is 26.1. The summed E-state index contributed by atoms with van der Waals surface area (Å²) in [6.07, 6.45) is -0.925. The van der Waals surface area contributed by atoms with E-state index in [0.717, 1.165) is 56.0 Å². The van der Waals surface area contributed by atoms with Crippen LogP contribution in [0.15, 0.2) is 22.0 Å². The number of tetrazole rings is 1. The Morgan fingerprint density at radius 1 is 1.26 bits per heavy atom. The Kier molecular flexibility index (Phi) is 8.63. The summed E-state index contributed by atoms with van der Waals surface area (Å²) in [5, 5.41) is 10.6. The normalized spacial score (nSPS) is 16.3. The van der Waals surface area contributed by atoms with Gasteiger partial charge >= 0.3 is 12.3 Å². The molecule has 1 atom stereocenters. The number of carbonyl (C=O) groups is 1. The molecule has 0 radical (unpaired) electrons. The van der Waals surface area contributed by atoms with Gasteiger partial charge in [-0.05, 0) is 54.5 Å². The number of hydrogen-bond donors (Lipinski definition) is 0. The first-order valence-electron chi connectivity index (χ1n) is 10.4. The number of benzene rings is 1. The molecule has 34 heavy (non-hydrogen) atoms. The van der Waals surface area contributed by atoms with Crippen LogP contribution in [-0.4, -0.2) is 50.9 Å². The van der Waals surface area contributed by atoms with E-state index in [0.29, 0.717) is 0 Å². The first-order valence-corrected chi connectivity index (χ1v) is 12.0. The van der Waals surface area contributed by atoms with Crippen molar-refractivity contribution in [1.29, 1.82) is 0 Å². The van der Waals surface area contributed by atoms with Crippen LogP contribution >= 0.6 is 23.4 Å². The number of aliphatic imine (C=N–C) groups is 1. The lowest BCUT2D eigenvalue weighted by Crippen LogP contribution is -2.27. The average molecular weight is 522 g/mol. The molecule has 0 N–H and O–H groups in total. The van der Waals surface area contributed by atoms with E-state index in [9.17, 15) is 18.0 Å². The van der Waals surface area contributed by atoms with E-state index >= 15 is 0 Å². The van der Waals surface area contributed by atoms with Gasteiger partial charge in [0.05, 0.1) is 16.1 Å². The topological polar surface area (TPSA) is 101 Å². The third-order valence-electron chi connectivity index (χ3n) is 4.99. The summed E-state index contributed by atoms with van der Waals surface area (Å²) in [5.74, 6) is -0.237. The molecule has 0 bridgehead atoms. The highest BCUT2D eigenvalue weighted by Crippen LogP contribution is 2.41. The highest BCUT2D eigenvalue weighted by Gasteiger charge is 2.35. The van der Waals surface area contributed by atoms with Gasteiger partial charge in [-0.3, -0.25) is 0 Å². The van der Waals surface area contributed by atoms with E-state index < -0.39 is 24.2 Å². The summed E-state index contributed by atoms with van der Waals surface area (Å²) >= 11 is 7.17. The minimum Gasteiger partial charge on any atom is -0.437 e. The van der Waals surface area contributed by atoms with Crippen molar-refractivity contribution < 1.29 is 32.2 Å². The van der Waals surface area contributed by atoms with Gasteiger partial charge in [0.1, 0.15) is 6.10 Å². The van der Waals surface area contributed by atoms with Crippen molar-refractivity contribution in [1.82, 2.24) is 20.2 Å². The van der Waals surface area contributed by atoms with Crippen LogP contribution in [0.2, 0.25) is 5.02 Å². The van der Waals surface area contributed by atoms with Crippen molar-refractivity contribution in [3.8, 4) is 0 Å². The molecule has 1 saturated carbocycles. The molecule has 0 saturated heterocycles. The number of carbonyl (C=O) groups excluding carboxylic acids is 1. The molecule has 14 heteroatoms. The zero-order valence-corrected chi connectivity index (χ0v) is 20.2. The highest BCUT2D eigenvalue weighted by atomic mass is 35.5. The number of nitrogens with zero attached hydrogens (tertiary/aromatic N) is 5. The van der Waals surface area contributed by atoms with E-state index in [2.05, 4.69) is 20.5 Å². The van der Waals surface area contributed by atoms with Crippen molar-refractivity contribution >= 4 is 41.4 Å². The second kappa shape index (κ2) is 11.3. The van der Waals surface area contributed by atoms with Gasteiger partial charge in [-0.1, -0.05) is 23.1 Å². The largest absolute Gasteiger partial charge is 0.511 e. The Bertz CT molecular complexity index is 1040. The minimum atomic E-state index is -4.61. The van der Waals surface area contributed by atoms with Gasteiger partial charge in [0, 0.05) is 18.9 Å². The molecule has 9 nitrogen and oxygen atoms in total. The summed E-state index contributed by atoms with van der Waals surface area (Å²) in [4.78, 5) is 16.2. The van der Waals surface area contributed by atoms with Crippen LogP contribution in [0.1, 0.15) is 50.2 Å². The second-order valence-electron chi connectivity index (χ2n) is 7.46. The predicted molar refractivity (Wildman–Crippen MR) is 118 cm³/mol. The summed E-state index contributed by atoms with van der Waals surface area (Å²) in [6.45, 7) is 1.42. The van der Waals surface area contributed by atoms with Gasteiger partial charge in [-0.25, -0.2) is 9.48 Å². The van der Waals surface area contributed by atoms with Crippen LogP contribution in [0.25, 0.3) is 0 Å². The molecule has 1 heterocycles. The molecule has 1 unspecified atom stereocenters. The standard InChI is InChI=1S/C20H23ClF3N5O4S/c1-11(32-19(30)33-12-7-5-4-6-8-12)31-17(25-18-26-27-28-29(18)2)13-9-10-14(20(22,23)24)16(34-3)15(13)21/h9-12H,4-8H2,1-3H3. The lowest BCUT2D eigenvalue weighted by molar-refractivity contribution is -0.139. The Morgan fingerprint density at radius 2 is 1.97 bits per heavy atom. The number of hydrogen-bond acceptors (Lipinski definition) is 9. The molecule has 1 fully saturated rings. The number of rotatable bonds is 6. The van der Waals surface area contributed by atoms with Crippen LogP contribution in [0.4, 0.5) is 23.9 Å². The quantitative estimate of drug-likeness (QED) is 0.161. The molecule has 2 aromatic rings. The maximum absolute atomic E-state index is 13.4. The highest BCUT2D eigenvalue weighted by molar-refractivity contribution is 7.98. The summed E-state index contributed by atoms with van der Waals surface area (Å²) in [6, 6.07) is 2.00. The molecule has 0 aliphatic heterocycles. The van der Waals surface area contributed by atoms with Crippen LogP contribution in [0.3, 0.4) is 0 Å². The van der Waals surface area contributed by atoms with Crippen LogP contribution in [0.5, 0.6) is 0 Å². The lowest BCUT2D eigenvalue weighted by atomic mass is 9.98. The summed E-state index contributed by atoms with van der Waals surface area (Å²) < 4.78 is 57.6. The molecule has 0 spiro atoms. The van der Waals surface area contributed by atoms with Crippen LogP contribution < -0.4 is 0 Å². The summed E-state index contributed by atoms with van der Waals surface area (Å²) in [5.41, 5.74) is -0.855. The molecule has 1 aromatic carbocycles. The fourth-order valence-electron chi connectivity index (χ4n) is 3.37. The van der Waals surface area contributed by atoms with Crippen LogP contribution in [-0.2, 0) is 27.4 Å². The Hall–Kier alpha value is -2.54. The average Bonchev–Trinajstić information content (AvgIpc) is 3.17. The zero-order valence-electron chi connectivity index (χ0n) is 18.6. The number of halogens is 4. The molecular weight excluding hydrogens is 499 g/mol. The third kappa shape index (κ3) is 6.53. The van der Waals surface area contributed by atoms with Gasteiger partial charge in [0.15, 0.2) is 0 Å². The minimum absolute atomic E-state index is 0.00588. The van der Waals surface area contributed by atoms with Gasteiger partial charge in [-0.2, -0.15) is 18.2 Å². The number of alkyl halides is 3. The molecule has 0 amide bonds. The molecule has 1 aliphatic carbocycles. The van der Waals surface area contributed by atoms with E-state index in [1.54, 1.807) is 0 Å².